The van der Waals surface area contributed by atoms with Crippen molar-refractivity contribution in [3.05, 3.63) is 34.9 Å². The number of hydrogen-bond acceptors (Lipinski definition) is 4. The minimum absolute atomic E-state index is 0.151. The van der Waals surface area contributed by atoms with Gasteiger partial charge in [0.2, 0.25) is 0 Å². The maximum Gasteiger partial charge on any atom is 0.338 e. The Labute approximate surface area is 114 Å². The van der Waals surface area contributed by atoms with Crippen molar-refractivity contribution in [1.82, 2.24) is 0 Å². The standard InChI is InChI=1S/C13H12BrNO3/c1-2-18-13(17)10-5-3-4-9(8-15)12(10)11(16)6-7-14/h3-5H,2,6-7H2,1H3. The molecule has 0 amide bonds. The smallest absolute Gasteiger partial charge is 0.338 e. The van der Waals surface area contributed by atoms with E-state index in [1.807, 2.05) is 6.07 Å². The highest BCUT2D eigenvalue weighted by molar-refractivity contribution is 9.09. The molecule has 94 valence electrons. The van der Waals surface area contributed by atoms with Gasteiger partial charge in [-0.05, 0) is 19.1 Å². The number of esters is 1. The lowest BCUT2D eigenvalue weighted by atomic mass is 9.97. The molecule has 1 aromatic carbocycles. The molecular formula is C13H12BrNO3. The Hall–Kier alpha value is -1.67. The quantitative estimate of drug-likeness (QED) is 0.476. The number of hydrogen-bond donors (Lipinski definition) is 0. The first-order valence-corrected chi connectivity index (χ1v) is 6.57. The van der Waals surface area contributed by atoms with Crippen molar-refractivity contribution in [3.63, 3.8) is 0 Å². The lowest BCUT2D eigenvalue weighted by Gasteiger charge is -2.09. The summed E-state index contributed by atoms with van der Waals surface area (Å²) in [6.07, 6.45) is 0.227. The average molecular weight is 310 g/mol. The number of carbonyl (C=O) groups is 2. The van der Waals surface area contributed by atoms with Gasteiger partial charge < -0.3 is 4.74 Å². The van der Waals surface area contributed by atoms with E-state index in [4.69, 9.17) is 10.00 Å². The number of benzene rings is 1. The maximum absolute atomic E-state index is 12.0. The third-order valence-electron chi connectivity index (χ3n) is 2.28. The van der Waals surface area contributed by atoms with Gasteiger partial charge in [0.1, 0.15) is 0 Å². The van der Waals surface area contributed by atoms with E-state index in [0.717, 1.165) is 0 Å². The Morgan fingerprint density at radius 1 is 1.44 bits per heavy atom. The van der Waals surface area contributed by atoms with E-state index in [2.05, 4.69) is 15.9 Å². The van der Waals surface area contributed by atoms with Crippen LogP contribution in [-0.2, 0) is 4.74 Å². The highest BCUT2D eigenvalue weighted by Crippen LogP contribution is 2.18. The van der Waals surface area contributed by atoms with Crippen molar-refractivity contribution in [3.8, 4) is 6.07 Å². The summed E-state index contributed by atoms with van der Waals surface area (Å²) in [5.74, 6) is -0.820. The Morgan fingerprint density at radius 3 is 2.72 bits per heavy atom. The summed E-state index contributed by atoms with van der Waals surface area (Å²) >= 11 is 3.17. The number of ketones is 1. The first-order valence-electron chi connectivity index (χ1n) is 5.45. The second kappa shape index (κ2) is 6.92. The lowest BCUT2D eigenvalue weighted by Crippen LogP contribution is -2.14. The van der Waals surface area contributed by atoms with Crippen LogP contribution < -0.4 is 0 Å². The Balaban J connectivity index is 3.30. The number of rotatable bonds is 5. The van der Waals surface area contributed by atoms with Gasteiger partial charge in [-0.25, -0.2) is 4.79 Å². The maximum atomic E-state index is 12.0. The third-order valence-corrected chi connectivity index (χ3v) is 2.68. The van der Waals surface area contributed by atoms with Crippen LogP contribution >= 0.6 is 15.9 Å². The second-order valence-corrected chi connectivity index (χ2v) is 4.22. The molecule has 0 aliphatic heterocycles. The summed E-state index contributed by atoms with van der Waals surface area (Å²) < 4.78 is 4.88. The molecular weight excluding hydrogens is 298 g/mol. The van der Waals surface area contributed by atoms with Crippen molar-refractivity contribution in [2.45, 2.75) is 13.3 Å². The summed E-state index contributed by atoms with van der Waals surface area (Å²) in [5, 5.41) is 9.49. The molecule has 0 aromatic heterocycles. The van der Waals surface area contributed by atoms with E-state index < -0.39 is 5.97 Å². The molecule has 1 rings (SSSR count). The number of nitrogens with zero attached hydrogens (tertiary/aromatic N) is 1. The fourth-order valence-corrected chi connectivity index (χ4v) is 1.90. The van der Waals surface area contributed by atoms with E-state index in [1.54, 1.807) is 13.0 Å². The molecule has 0 bridgehead atoms. The molecule has 0 spiro atoms. The molecule has 5 heteroatoms. The van der Waals surface area contributed by atoms with Crippen molar-refractivity contribution in [2.24, 2.45) is 0 Å². The van der Waals surface area contributed by atoms with Gasteiger partial charge in [-0.15, -0.1) is 0 Å². The van der Waals surface area contributed by atoms with E-state index in [1.165, 1.54) is 12.1 Å². The van der Waals surface area contributed by atoms with Gasteiger partial charge in [-0.3, -0.25) is 4.79 Å². The molecule has 0 aliphatic rings. The molecule has 18 heavy (non-hydrogen) atoms. The first kappa shape index (κ1) is 14.4. The van der Waals surface area contributed by atoms with Gasteiger partial charge >= 0.3 is 5.97 Å². The van der Waals surface area contributed by atoms with Crippen LogP contribution in [0.3, 0.4) is 0 Å². The summed E-state index contributed by atoms with van der Waals surface area (Å²) in [6.45, 7) is 1.91. The van der Waals surface area contributed by atoms with Crippen LogP contribution in [0.25, 0.3) is 0 Å². The largest absolute Gasteiger partial charge is 0.462 e. The zero-order valence-corrected chi connectivity index (χ0v) is 11.5. The summed E-state index contributed by atoms with van der Waals surface area (Å²) in [4.78, 5) is 23.7. The predicted molar refractivity (Wildman–Crippen MR) is 69.9 cm³/mol. The van der Waals surface area contributed by atoms with E-state index in [-0.39, 0.29) is 35.5 Å². The summed E-state index contributed by atoms with van der Waals surface area (Å²) in [5.41, 5.74) is 0.506. The fourth-order valence-electron chi connectivity index (χ4n) is 1.54. The monoisotopic (exact) mass is 309 g/mol. The molecule has 0 saturated carbocycles. The van der Waals surface area contributed by atoms with Crippen molar-refractivity contribution >= 4 is 27.7 Å². The molecule has 0 aliphatic carbocycles. The number of alkyl halides is 1. The second-order valence-electron chi connectivity index (χ2n) is 3.42. The molecule has 0 atom stereocenters. The SMILES string of the molecule is CCOC(=O)c1cccc(C#N)c1C(=O)CCBr. The summed E-state index contributed by atoms with van der Waals surface area (Å²) in [6, 6.07) is 6.51. The van der Waals surface area contributed by atoms with Crippen LogP contribution in [0, 0.1) is 11.3 Å². The van der Waals surface area contributed by atoms with Crippen molar-refractivity contribution in [2.75, 3.05) is 11.9 Å². The molecule has 1 aromatic rings. The van der Waals surface area contributed by atoms with Crippen LogP contribution in [0.15, 0.2) is 18.2 Å². The zero-order chi connectivity index (χ0) is 13.5. The van der Waals surface area contributed by atoms with Gasteiger partial charge in [-0.1, -0.05) is 22.0 Å². The Bertz CT molecular complexity index is 505. The number of halogens is 1. The van der Waals surface area contributed by atoms with Crippen molar-refractivity contribution in [1.29, 1.82) is 5.26 Å². The molecule has 0 saturated heterocycles. The normalized spacial score (nSPS) is 9.61. The zero-order valence-electron chi connectivity index (χ0n) is 9.90. The summed E-state index contributed by atoms with van der Waals surface area (Å²) in [7, 11) is 0. The van der Waals surface area contributed by atoms with Crippen LogP contribution in [0.2, 0.25) is 0 Å². The highest BCUT2D eigenvalue weighted by Gasteiger charge is 2.21. The van der Waals surface area contributed by atoms with E-state index in [0.29, 0.717) is 5.33 Å². The van der Waals surface area contributed by atoms with E-state index in [9.17, 15) is 9.59 Å². The topological polar surface area (TPSA) is 67.2 Å². The molecule has 0 radical (unpaired) electrons. The molecule has 0 fully saturated rings. The van der Waals surface area contributed by atoms with Crippen LogP contribution in [-0.4, -0.2) is 23.7 Å². The number of nitriles is 1. The van der Waals surface area contributed by atoms with Crippen molar-refractivity contribution < 1.29 is 14.3 Å². The van der Waals surface area contributed by atoms with Gasteiger partial charge in [0, 0.05) is 17.3 Å². The van der Waals surface area contributed by atoms with Crippen LogP contribution in [0.5, 0.6) is 0 Å². The van der Waals surface area contributed by atoms with Gasteiger partial charge in [0.05, 0.1) is 23.8 Å². The molecule has 0 heterocycles. The number of carbonyl (C=O) groups excluding carboxylic acids is 2. The molecule has 0 N–H and O–H groups in total. The van der Waals surface area contributed by atoms with Crippen LogP contribution in [0.1, 0.15) is 39.6 Å². The van der Waals surface area contributed by atoms with Gasteiger partial charge in [0.25, 0.3) is 0 Å². The fraction of sp³-hybridized carbons (Fsp3) is 0.308. The molecule has 0 unspecified atom stereocenters. The minimum atomic E-state index is -0.576. The number of Topliss-reactive ketones (excluding diaryl/α,β-unsaturated/α-hetero) is 1. The third kappa shape index (κ3) is 3.17. The minimum Gasteiger partial charge on any atom is -0.462 e. The Kier molecular flexibility index (Phi) is 5.53. The highest BCUT2D eigenvalue weighted by atomic mass is 79.9. The van der Waals surface area contributed by atoms with E-state index >= 15 is 0 Å². The predicted octanol–water partition coefficient (Wildman–Crippen LogP) is 2.70. The van der Waals surface area contributed by atoms with Crippen LogP contribution in [0.4, 0.5) is 0 Å². The number of ether oxygens (including phenoxy) is 1. The average Bonchev–Trinajstić information content (AvgIpc) is 2.38. The van der Waals surface area contributed by atoms with Gasteiger partial charge in [0.15, 0.2) is 5.78 Å². The Morgan fingerprint density at radius 2 is 2.17 bits per heavy atom. The first-order chi connectivity index (χ1) is 8.65. The lowest BCUT2D eigenvalue weighted by molar-refractivity contribution is 0.0523. The van der Waals surface area contributed by atoms with Gasteiger partial charge in [-0.2, -0.15) is 5.26 Å². The molecule has 4 nitrogen and oxygen atoms in total.